The first-order valence-corrected chi connectivity index (χ1v) is 2.98. The Balaban J connectivity index is 2.53. The predicted octanol–water partition coefficient (Wildman–Crippen LogP) is 0.422. The Morgan fingerprint density at radius 2 is 2.50 bits per heavy atom. The van der Waals surface area contributed by atoms with Gasteiger partial charge >= 0.3 is 5.95 Å². The van der Waals surface area contributed by atoms with E-state index in [1.165, 1.54) is 0 Å². The van der Waals surface area contributed by atoms with E-state index in [0.29, 0.717) is 24.5 Å². The fourth-order valence-corrected chi connectivity index (χ4v) is 0.987. The van der Waals surface area contributed by atoms with Gasteiger partial charge < -0.3 is 9.26 Å². The first-order valence-electron chi connectivity index (χ1n) is 2.98. The van der Waals surface area contributed by atoms with Gasteiger partial charge in [0.05, 0.1) is 12.2 Å². The zero-order chi connectivity index (χ0) is 6.97. The third-order valence-electron chi connectivity index (χ3n) is 1.48. The lowest BCUT2D eigenvalue weighted by molar-refractivity contribution is 0.111. The molecule has 4 heteroatoms. The van der Waals surface area contributed by atoms with Crippen LogP contribution in [0.15, 0.2) is 4.52 Å². The van der Waals surface area contributed by atoms with Crippen molar-refractivity contribution in [2.75, 3.05) is 6.61 Å². The van der Waals surface area contributed by atoms with E-state index in [0.717, 1.165) is 12.0 Å². The Kier molecular flexibility index (Phi) is 1.00. The molecule has 1 aliphatic heterocycles. The molecule has 1 aromatic heterocycles. The van der Waals surface area contributed by atoms with Crippen LogP contribution >= 0.6 is 0 Å². The lowest BCUT2D eigenvalue weighted by atomic mass is 10.2. The van der Waals surface area contributed by atoms with Gasteiger partial charge in [-0.1, -0.05) is 5.16 Å². The summed E-state index contributed by atoms with van der Waals surface area (Å²) >= 11 is 0. The summed E-state index contributed by atoms with van der Waals surface area (Å²) in [6.07, 6.45) is 1.41. The number of aromatic nitrogens is 1. The highest BCUT2D eigenvalue weighted by molar-refractivity contribution is 5.75. The van der Waals surface area contributed by atoms with Crippen LogP contribution in [0.5, 0.6) is 5.95 Å². The van der Waals surface area contributed by atoms with E-state index < -0.39 is 0 Å². The molecule has 0 radical (unpaired) electrons. The first kappa shape index (κ1) is 5.46. The van der Waals surface area contributed by atoms with Gasteiger partial charge in [0.25, 0.3) is 0 Å². The molecule has 0 aromatic carbocycles. The van der Waals surface area contributed by atoms with Gasteiger partial charge in [-0.15, -0.1) is 0 Å². The van der Waals surface area contributed by atoms with E-state index in [1.54, 1.807) is 0 Å². The molecule has 0 aliphatic carbocycles. The first-order chi connectivity index (χ1) is 4.92. The van der Waals surface area contributed by atoms with Gasteiger partial charge in [-0.3, -0.25) is 4.79 Å². The summed E-state index contributed by atoms with van der Waals surface area (Å²) in [7, 11) is 0. The monoisotopic (exact) mass is 139 g/mol. The van der Waals surface area contributed by atoms with Gasteiger partial charge in [0, 0.05) is 6.42 Å². The van der Waals surface area contributed by atoms with Gasteiger partial charge in [0.1, 0.15) is 0 Å². The zero-order valence-corrected chi connectivity index (χ0v) is 5.16. The molecule has 2 rings (SSSR count). The van der Waals surface area contributed by atoms with Crippen molar-refractivity contribution in [3.63, 3.8) is 0 Å². The molecule has 0 spiro atoms. The second-order valence-electron chi connectivity index (χ2n) is 2.05. The standard InChI is InChI=1S/C6H5NO3/c8-3-5-4-1-2-9-6(4)10-7-5/h3H,1-2H2. The minimum absolute atomic E-state index is 0.368. The van der Waals surface area contributed by atoms with Crippen molar-refractivity contribution in [3.05, 3.63) is 11.3 Å². The molecular weight excluding hydrogens is 134 g/mol. The summed E-state index contributed by atoms with van der Waals surface area (Å²) in [5.74, 6) is 0.405. The topological polar surface area (TPSA) is 52.3 Å². The lowest BCUT2D eigenvalue weighted by Gasteiger charge is -1.84. The Morgan fingerprint density at radius 1 is 1.60 bits per heavy atom. The highest BCUT2D eigenvalue weighted by Gasteiger charge is 2.21. The Morgan fingerprint density at radius 3 is 3.30 bits per heavy atom. The van der Waals surface area contributed by atoms with E-state index in [2.05, 4.69) is 5.16 Å². The fraction of sp³-hybridized carbons (Fsp3) is 0.333. The largest absolute Gasteiger partial charge is 0.463 e. The molecule has 0 bridgehead atoms. The number of ether oxygens (including phenoxy) is 1. The maximum Gasteiger partial charge on any atom is 0.315 e. The van der Waals surface area contributed by atoms with Crippen LogP contribution in [0.25, 0.3) is 0 Å². The molecule has 4 nitrogen and oxygen atoms in total. The molecule has 0 atom stereocenters. The highest BCUT2D eigenvalue weighted by Crippen LogP contribution is 2.26. The lowest BCUT2D eigenvalue weighted by Crippen LogP contribution is -1.90. The molecule has 0 saturated heterocycles. The van der Waals surface area contributed by atoms with Crippen LogP contribution in [-0.4, -0.2) is 18.0 Å². The maximum absolute atomic E-state index is 10.2. The van der Waals surface area contributed by atoms with Crippen LogP contribution in [0, 0.1) is 0 Å². The maximum atomic E-state index is 10.2. The highest BCUT2D eigenvalue weighted by atomic mass is 16.6. The minimum Gasteiger partial charge on any atom is -0.463 e. The number of fused-ring (bicyclic) bond motifs is 1. The predicted molar refractivity (Wildman–Crippen MR) is 31.1 cm³/mol. The normalized spacial score (nSPS) is 14.4. The van der Waals surface area contributed by atoms with E-state index in [4.69, 9.17) is 9.26 Å². The number of hydrogen-bond acceptors (Lipinski definition) is 4. The Bertz CT molecular complexity index is 266. The molecule has 0 unspecified atom stereocenters. The molecule has 0 fully saturated rings. The molecule has 1 aromatic rings. The number of nitrogens with zero attached hydrogens (tertiary/aromatic N) is 1. The van der Waals surface area contributed by atoms with Crippen molar-refractivity contribution in [2.45, 2.75) is 6.42 Å². The van der Waals surface area contributed by atoms with Crippen LogP contribution in [0.2, 0.25) is 0 Å². The van der Waals surface area contributed by atoms with Gasteiger partial charge in [-0.25, -0.2) is 0 Å². The van der Waals surface area contributed by atoms with Crippen molar-refractivity contribution >= 4 is 6.29 Å². The van der Waals surface area contributed by atoms with E-state index in [1.807, 2.05) is 0 Å². The quantitative estimate of drug-likeness (QED) is 0.529. The molecule has 2 heterocycles. The van der Waals surface area contributed by atoms with Crippen molar-refractivity contribution < 1.29 is 14.1 Å². The van der Waals surface area contributed by atoms with Gasteiger partial charge in [0.15, 0.2) is 12.0 Å². The molecule has 10 heavy (non-hydrogen) atoms. The molecule has 1 aliphatic rings. The van der Waals surface area contributed by atoms with Crippen molar-refractivity contribution in [1.29, 1.82) is 0 Å². The van der Waals surface area contributed by atoms with E-state index in [9.17, 15) is 4.79 Å². The van der Waals surface area contributed by atoms with Crippen LogP contribution < -0.4 is 4.74 Å². The smallest absolute Gasteiger partial charge is 0.315 e. The third kappa shape index (κ3) is 0.556. The minimum atomic E-state index is 0.368. The third-order valence-corrected chi connectivity index (χ3v) is 1.48. The summed E-state index contributed by atoms with van der Waals surface area (Å²) in [5, 5.41) is 3.49. The Hall–Kier alpha value is -1.32. The van der Waals surface area contributed by atoms with Crippen molar-refractivity contribution in [2.24, 2.45) is 0 Å². The van der Waals surface area contributed by atoms with Crippen molar-refractivity contribution in [3.8, 4) is 5.95 Å². The van der Waals surface area contributed by atoms with Gasteiger partial charge in [-0.05, 0) is 0 Å². The van der Waals surface area contributed by atoms with Crippen LogP contribution in [0.1, 0.15) is 16.1 Å². The molecule has 0 N–H and O–H groups in total. The summed E-state index contributed by atoms with van der Waals surface area (Å²) < 4.78 is 9.69. The number of carbonyl (C=O) groups excluding carboxylic acids is 1. The van der Waals surface area contributed by atoms with Gasteiger partial charge in [-0.2, -0.15) is 0 Å². The van der Waals surface area contributed by atoms with Gasteiger partial charge in [0.2, 0.25) is 0 Å². The van der Waals surface area contributed by atoms with E-state index >= 15 is 0 Å². The number of hydrogen-bond donors (Lipinski definition) is 0. The number of carbonyl (C=O) groups is 1. The van der Waals surface area contributed by atoms with E-state index in [-0.39, 0.29) is 0 Å². The second kappa shape index (κ2) is 1.83. The van der Waals surface area contributed by atoms with Crippen LogP contribution in [0.3, 0.4) is 0 Å². The summed E-state index contributed by atoms with van der Waals surface area (Å²) in [6.45, 7) is 0.595. The summed E-state index contributed by atoms with van der Waals surface area (Å²) in [5.41, 5.74) is 1.17. The van der Waals surface area contributed by atoms with Crippen LogP contribution in [-0.2, 0) is 6.42 Å². The number of rotatable bonds is 1. The summed E-state index contributed by atoms with van der Waals surface area (Å²) in [4.78, 5) is 10.2. The fourth-order valence-electron chi connectivity index (χ4n) is 0.987. The molecule has 0 amide bonds. The zero-order valence-electron chi connectivity index (χ0n) is 5.16. The number of aldehydes is 1. The van der Waals surface area contributed by atoms with Crippen LogP contribution in [0.4, 0.5) is 0 Å². The second-order valence-corrected chi connectivity index (χ2v) is 2.05. The molecule has 0 saturated carbocycles. The average Bonchev–Trinajstić information content (AvgIpc) is 2.44. The average molecular weight is 139 g/mol. The SMILES string of the molecule is O=Cc1noc2c1CCO2. The Labute approximate surface area is 56.8 Å². The molecule has 52 valence electrons. The summed E-state index contributed by atoms with van der Waals surface area (Å²) in [6, 6.07) is 0. The van der Waals surface area contributed by atoms with Crippen molar-refractivity contribution in [1.82, 2.24) is 5.16 Å². The molecular formula is C6H5NO3.